The van der Waals surface area contributed by atoms with Crippen molar-refractivity contribution in [2.24, 2.45) is 0 Å². The van der Waals surface area contributed by atoms with Crippen LogP contribution in [-0.2, 0) is 9.59 Å². The molecule has 0 aliphatic heterocycles. The fourth-order valence-corrected chi connectivity index (χ4v) is 3.27. The second kappa shape index (κ2) is 11.3. The summed E-state index contributed by atoms with van der Waals surface area (Å²) < 4.78 is 21.4. The fraction of sp³-hybridized carbons (Fsp3) is 0.0645. The molecule has 0 saturated carbocycles. The summed E-state index contributed by atoms with van der Waals surface area (Å²) >= 11 is 0. The van der Waals surface area contributed by atoms with Crippen molar-refractivity contribution >= 4 is 17.9 Å². The number of hydrogen-bond acceptors (Lipinski definition) is 7. The van der Waals surface area contributed by atoms with Crippen LogP contribution in [0.1, 0.15) is 24.2 Å². The van der Waals surface area contributed by atoms with Crippen LogP contribution in [0.25, 0.3) is 22.5 Å². The van der Waals surface area contributed by atoms with Crippen LogP contribution < -0.4 is 14.2 Å². The van der Waals surface area contributed by atoms with Gasteiger partial charge in [0.05, 0.1) is 5.56 Å². The first-order chi connectivity index (χ1) is 18.2. The van der Waals surface area contributed by atoms with Gasteiger partial charge in [-0.2, -0.15) is 0 Å². The molecule has 4 aromatic rings. The Morgan fingerprint density at radius 3 is 1.50 bits per heavy atom. The number of furan rings is 1. The lowest BCUT2D eigenvalue weighted by atomic mass is 10.0. The molecular weight excluding hydrogens is 484 g/mol. The van der Waals surface area contributed by atoms with Gasteiger partial charge in [-0.05, 0) is 79.6 Å². The number of ether oxygens (including phenoxy) is 3. The number of carbonyl (C=O) groups excluding carboxylic acids is 3. The first-order valence-electron chi connectivity index (χ1n) is 11.6. The van der Waals surface area contributed by atoms with Crippen molar-refractivity contribution in [1.82, 2.24) is 0 Å². The SMILES string of the molecule is C=C(C)C(=O)Oc1ccc(-c2ccc(C(=O)Oc3ccc(-c4ccc(OC(=O)C(=C)C)cc4)o3)cc2)cc1. The fourth-order valence-electron chi connectivity index (χ4n) is 3.27. The summed E-state index contributed by atoms with van der Waals surface area (Å²) in [5.74, 6) is -0.222. The van der Waals surface area contributed by atoms with E-state index in [1.807, 2.05) is 12.1 Å². The molecule has 0 saturated heterocycles. The summed E-state index contributed by atoms with van der Waals surface area (Å²) in [5.41, 5.74) is 3.45. The Balaban J connectivity index is 1.37. The molecule has 3 aromatic carbocycles. The van der Waals surface area contributed by atoms with Gasteiger partial charge in [-0.25, -0.2) is 14.4 Å². The number of carbonyl (C=O) groups is 3. The normalized spacial score (nSPS) is 10.4. The average molecular weight is 509 g/mol. The molecule has 1 heterocycles. The highest BCUT2D eigenvalue weighted by Crippen LogP contribution is 2.29. The molecule has 0 radical (unpaired) electrons. The molecule has 0 unspecified atom stereocenters. The van der Waals surface area contributed by atoms with E-state index >= 15 is 0 Å². The summed E-state index contributed by atoms with van der Waals surface area (Å²) in [7, 11) is 0. The van der Waals surface area contributed by atoms with Gasteiger partial charge in [-0.3, -0.25) is 0 Å². The minimum absolute atomic E-state index is 0.0479. The Morgan fingerprint density at radius 1 is 0.579 bits per heavy atom. The maximum atomic E-state index is 12.6. The topological polar surface area (TPSA) is 92.0 Å². The highest BCUT2D eigenvalue weighted by Gasteiger charge is 2.14. The molecule has 0 aliphatic rings. The second-order valence-electron chi connectivity index (χ2n) is 8.47. The zero-order valence-electron chi connectivity index (χ0n) is 20.9. The number of benzene rings is 3. The van der Waals surface area contributed by atoms with Gasteiger partial charge in [0.25, 0.3) is 5.95 Å². The summed E-state index contributed by atoms with van der Waals surface area (Å²) in [5, 5.41) is 0. The number of esters is 3. The molecule has 38 heavy (non-hydrogen) atoms. The maximum absolute atomic E-state index is 12.6. The molecule has 0 N–H and O–H groups in total. The quantitative estimate of drug-likeness (QED) is 0.147. The summed E-state index contributed by atoms with van der Waals surface area (Å²) in [6.07, 6.45) is 0. The van der Waals surface area contributed by atoms with E-state index < -0.39 is 17.9 Å². The molecule has 0 aliphatic carbocycles. The molecule has 0 bridgehead atoms. The average Bonchev–Trinajstić information content (AvgIpc) is 3.38. The third-order valence-electron chi connectivity index (χ3n) is 5.34. The van der Waals surface area contributed by atoms with Crippen molar-refractivity contribution in [2.75, 3.05) is 0 Å². The number of hydrogen-bond donors (Lipinski definition) is 0. The third kappa shape index (κ3) is 6.33. The van der Waals surface area contributed by atoms with Crippen molar-refractivity contribution in [2.45, 2.75) is 13.8 Å². The second-order valence-corrected chi connectivity index (χ2v) is 8.47. The Bertz CT molecular complexity index is 1510. The molecular formula is C31H24O7. The monoisotopic (exact) mass is 508 g/mol. The van der Waals surface area contributed by atoms with E-state index in [-0.39, 0.29) is 5.95 Å². The standard InChI is InChI=1S/C31H24O7/c1-19(2)29(32)35-25-13-9-22(10-14-25)21-5-7-24(8-6-21)31(34)38-28-18-17-27(37-28)23-11-15-26(16-12-23)36-30(33)20(3)4/h5-18H,1,3H2,2,4H3. The predicted octanol–water partition coefficient (Wildman–Crippen LogP) is 6.80. The van der Waals surface area contributed by atoms with Gasteiger partial charge in [0.1, 0.15) is 17.3 Å². The lowest BCUT2D eigenvalue weighted by Crippen LogP contribution is -2.08. The van der Waals surface area contributed by atoms with E-state index in [0.29, 0.717) is 39.5 Å². The zero-order valence-corrected chi connectivity index (χ0v) is 20.9. The molecule has 190 valence electrons. The van der Waals surface area contributed by atoms with Gasteiger partial charge in [0.15, 0.2) is 0 Å². The molecule has 7 nitrogen and oxygen atoms in total. The van der Waals surface area contributed by atoms with Crippen LogP contribution in [0.2, 0.25) is 0 Å². The minimum Gasteiger partial charge on any atom is -0.425 e. The minimum atomic E-state index is -0.568. The third-order valence-corrected chi connectivity index (χ3v) is 5.34. The lowest BCUT2D eigenvalue weighted by Gasteiger charge is -2.07. The van der Waals surface area contributed by atoms with Gasteiger partial charge in [-0.1, -0.05) is 37.4 Å². The highest BCUT2D eigenvalue weighted by atomic mass is 16.6. The van der Waals surface area contributed by atoms with Crippen LogP contribution in [0.3, 0.4) is 0 Å². The van der Waals surface area contributed by atoms with Crippen molar-refractivity contribution < 1.29 is 33.0 Å². The first-order valence-corrected chi connectivity index (χ1v) is 11.6. The van der Waals surface area contributed by atoms with Gasteiger partial charge in [0, 0.05) is 22.8 Å². The van der Waals surface area contributed by atoms with Crippen molar-refractivity contribution in [1.29, 1.82) is 0 Å². The van der Waals surface area contributed by atoms with E-state index in [1.54, 1.807) is 86.6 Å². The summed E-state index contributed by atoms with van der Waals surface area (Å²) in [4.78, 5) is 35.9. The Hall–Kier alpha value is -5.17. The number of rotatable bonds is 8. The maximum Gasteiger partial charge on any atom is 0.345 e. The smallest absolute Gasteiger partial charge is 0.345 e. The zero-order chi connectivity index (χ0) is 27.2. The molecule has 0 amide bonds. The predicted molar refractivity (Wildman–Crippen MR) is 142 cm³/mol. The van der Waals surface area contributed by atoms with E-state index in [4.69, 9.17) is 18.6 Å². The molecule has 4 rings (SSSR count). The van der Waals surface area contributed by atoms with Gasteiger partial charge < -0.3 is 18.6 Å². The summed E-state index contributed by atoms with van der Waals surface area (Å²) in [6.45, 7) is 10.3. The highest BCUT2D eigenvalue weighted by molar-refractivity contribution is 5.92. The Kier molecular flexibility index (Phi) is 7.68. The van der Waals surface area contributed by atoms with E-state index in [2.05, 4.69) is 13.2 Å². The molecule has 0 fully saturated rings. The van der Waals surface area contributed by atoms with Crippen LogP contribution >= 0.6 is 0 Å². The van der Waals surface area contributed by atoms with Crippen molar-refractivity contribution in [3.8, 4) is 39.9 Å². The van der Waals surface area contributed by atoms with Crippen LogP contribution in [0.15, 0.2) is 114 Å². The van der Waals surface area contributed by atoms with Crippen LogP contribution in [0.5, 0.6) is 17.4 Å². The van der Waals surface area contributed by atoms with Crippen LogP contribution in [0, 0.1) is 0 Å². The van der Waals surface area contributed by atoms with Crippen molar-refractivity contribution in [3.05, 3.63) is 115 Å². The van der Waals surface area contributed by atoms with E-state index in [0.717, 1.165) is 11.1 Å². The lowest BCUT2D eigenvalue weighted by molar-refractivity contribution is -0.130. The van der Waals surface area contributed by atoms with Crippen molar-refractivity contribution in [3.63, 3.8) is 0 Å². The van der Waals surface area contributed by atoms with E-state index in [1.165, 1.54) is 0 Å². The van der Waals surface area contributed by atoms with Gasteiger partial charge in [-0.15, -0.1) is 0 Å². The first kappa shape index (κ1) is 25.9. The van der Waals surface area contributed by atoms with E-state index in [9.17, 15) is 14.4 Å². The van der Waals surface area contributed by atoms with Crippen LogP contribution in [0.4, 0.5) is 0 Å². The molecule has 0 spiro atoms. The van der Waals surface area contributed by atoms with Gasteiger partial charge >= 0.3 is 17.9 Å². The summed E-state index contributed by atoms with van der Waals surface area (Å²) in [6, 6.07) is 23.9. The molecule has 7 heteroatoms. The Labute approximate surface area is 219 Å². The molecule has 1 aromatic heterocycles. The largest absolute Gasteiger partial charge is 0.425 e. The van der Waals surface area contributed by atoms with Crippen LogP contribution in [-0.4, -0.2) is 17.9 Å². The van der Waals surface area contributed by atoms with Gasteiger partial charge in [0.2, 0.25) is 0 Å². The Morgan fingerprint density at radius 2 is 1.03 bits per heavy atom. The molecule has 0 atom stereocenters.